The summed E-state index contributed by atoms with van der Waals surface area (Å²) in [5.74, 6) is 0.622. The van der Waals surface area contributed by atoms with Crippen molar-refractivity contribution in [2.75, 3.05) is 6.54 Å². The molecule has 1 aliphatic carbocycles. The van der Waals surface area contributed by atoms with E-state index in [0.717, 1.165) is 23.1 Å². The standard InChI is InChI=1S/C13H19F3N4S/c1-4-17-11(20-8-5-12(8,2)3)18-6-10-19-9(7-21-10)13(14,15)16/h7-8H,4-6H2,1-3H3,(H2,17,18,20). The molecule has 1 heterocycles. The molecule has 8 heteroatoms. The average Bonchev–Trinajstić information content (AvgIpc) is 2.78. The Kier molecular flexibility index (Phi) is 4.46. The quantitative estimate of drug-likeness (QED) is 0.662. The Labute approximate surface area is 125 Å². The third-order valence-electron chi connectivity index (χ3n) is 3.38. The molecule has 0 radical (unpaired) electrons. The van der Waals surface area contributed by atoms with Crippen molar-refractivity contribution in [3.05, 3.63) is 16.1 Å². The number of hydrogen-bond donors (Lipinski definition) is 2. The Balaban J connectivity index is 1.97. The summed E-state index contributed by atoms with van der Waals surface area (Å²) in [5.41, 5.74) is -0.597. The van der Waals surface area contributed by atoms with Gasteiger partial charge < -0.3 is 10.6 Å². The van der Waals surface area contributed by atoms with Crippen molar-refractivity contribution in [1.29, 1.82) is 0 Å². The summed E-state index contributed by atoms with van der Waals surface area (Å²) in [7, 11) is 0. The van der Waals surface area contributed by atoms with E-state index >= 15 is 0 Å². The summed E-state index contributed by atoms with van der Waals surface area (Å²) < 4.78 is 37.4. The molecule has 0 aromatic carbocycles. The van der Waals surface area contributed by atoms with Crippen LogP contribution in [0.4, 0.5) is 13.2 Å². The molecule has 1 saturated carbocycles. The molecular formula is C13H19F3N4S. The van der Waals surface area contributed by atoms with Crippen molar-refractivity contribution in [2.45, 2.75) is 46.0 Å². The number of nitrogens with zero attached hydrogens (tertiary/aromatic N) is 2. The van der Waals surface area contributed by atoms with Crippen LogP contribution in [0.2, 0.25) is 0 Å². The van der Waals surface area contributed by atoms with E-state index in [2.05, 4.69) is 34.5 Å². The second-order valence-electron chi connectivity index (χ2n) is 5.71. The first-order valence-electron chi connectivity index (χ1n) is 6.79. The van der Waals surface area contributed by atoms with E-state index in [0.29, 0.717) is 23.6 Å². The Morgan fingerprint density at radius 1 is 1.52 bits per heavy atom. The lowest BCUT2D eigenvalue weighted by Gasteiger charge is -2.12. The summed E-state index contributed by atoms with van der Waals surface area (Å²) >= 11 is 0.977. The average molecular weight is 320 g/mol. The van der Waals surface area contributed by atoms with Gasteiger partial charge in [0.05, 0.1) is 6.54 Å². The van der Waals surface area contributed by atoms with Crippen LogP contribution in [0.1, 0.15) is 37.9 Å². The van der Waals surface area contributed by atoms with Crippen molar-refractivity contribution >= 4 is 17.3 Å². The molecule has 0 bridgehead atoms. The number of halogens is 3. The fourth-order valence-corrected chi connectivity index (χ4v) is 2.58. The van der Waals surface area contributed by atoms with Gasteiger partial charge in [-0.05, 0) is 18.8 Å². The molecule has 2 N–H and O–H groups in total. The minimum absolute atomic E-state index is 0.142. The number of alkyl halides is 3. The van der Waals surface area contributed by atoms with Crippen LogP contribution in [-0.4, -0.2) is 23.5 Å². The second-order valence-corrected chi connectivity index (χ2v) is 6.65. The summed E-state index contributed by atoms with van der Waals surface area (Å²) in [6.45, 7) is 7.10. The maximum absolute atomic E-state index is 12.5. The highest BCUT2D eigenvalue weighted by Crippen LogP contribution is 2.44. The van der Waals surface area contributed by atoms with Gasteiger partial charge in [0.2, 0.25) is 0 Å². The summed E-state index contributed by atoms with van der Waals surface area (Å²) in [6.07, 6.45) is -3.33. The van der Waals surface area contributed by atoms with Crippen molar-refractivity contribution in [2.24, 2.45) is 10.4 Å². The Bertz CT molecular complexity index is 522. The molecule has 21 heavy (non-hydrogen) atoms. The van der Waals surface area contributed by atoms with Crippen LogP contribution in [0.5, 0.6) is 0 Å². The summed E-state index contributed by atoms with van der Waals surface area (Å²) in [5, 5.41) is 7.75. The molecule has 0 aliphatic heterocycles. The Hall–Kier alpha value is -1.31. The number of rotatable bonds is 4. The predicted octanol–water partition coefficient (Wildman–Crippen LogP) is 3.02. The van der Waals surface area contributed by atoms with Crippen LogP contribution < -0.4 is 10.6 Å². The van der Waals surface area contributed by atoms with Crippen molar-refractivity contribution in [3.63, 3.8) is 0 Å². The minimum atomic E-state index is -4.39. The lowest BCUT2D eigenvalue weighted by Crippen LogP contribution is -2.39. The van der Waals surface area contributed by atoms with E-state index in [4.69, 9.17) is 0 Å². The first-order valence-corrected chi connectivity index (χ1v) is 7.67. The molecule has 0 spiro atoms. The maximum Gasteiger partial charge on any atom is 0.434 e. The van der Waals surface area contributed by atoms with Gasteiger partial charge in [0.1, 0.15) is 5.01 Å². The highest BCUT2D eigenvalue weighted by atomic mass is 32.1. The number of thiazole rings is 1. The first kappa shape index (κ1) is 16.1. The van der Waals surface area contributed by atoms with Gasteiger partial charge in [-0.25, -0.2) is 9.98 Å². The molecule has 118 valence electrons. The third-order valence-corrected chi connectivity index (χ3v) is 4.22. The van der Waals surface area contributed by atoms with Gasteiger partial charge in [-0.1, -0.05) is 13.8 Å². The Morgan fingerprint density at radius 2 is 2.19 bits per heavy atom. The smallest absolute Gasteiger partial charge is 0.357 e. The fraction of sp³-hybridized carbons (Fsp3) is 0.692. The molecule has 0 saturated heterocycles. The zero-order valence-electron chi connectivity index (χ0n) is 12.2. The highest BCUT2D eigenvalue weighted by molar-refractivity contribution is 7.09. The summed E-state index contributed by atoms with van der Waals surface area (Å²) in [6, 6.07) is 0.359. The highest BCUT2D eigenvalue weighted by Gasteiger charge is 2.46. The van der Waals surface area contributed by atoms with E-state index in [1.165, 1.54) is 0 Å². The fourth-order valence-electron chi connectivity index (χ4n) is 1.86. The van der Waals surface area contributed by atoms with Crippen LogP contribution in [-0.2, 0) is 12.7 Å². The zero-order valence-corrected chi connectivity index (χ0v) is 13.0. The molecule has 1 unspecified atom stereocenters. The second kappa shape index (κ2) is 5.82. The molecule has 1 aromatic heterocycles. The number of aromatic nitrogens is 1. The number of hydrogen-bond acceptors (Lipinski definition) is 3. The number of aliphatic imine (C=N–C) groups is 1. The molecule has 1 atom stereocenters. The van der Waals surface area contributed by atoms with Gasteiger partial charge in [-0.3, -0.25) is 0 Å². The van der Waals surface area contributed by atoms with Crippen LogP contribution in [0, 0.1) is 5.41 Å². The summed E-state index contributed by atoms with van der Waals surface area (Å²) in [4.78, 5) is 7.87. The Morgan fingerprint density at radius 3 is 2.67 bits per heavy atom. The molecule has 1 aliphatic rings. The third kappa shape index (κ3) is 4.33. The zero-order chi connectivity index (χ0) is 15.7. The molecule has 1 fully saturated rings. The maximum atomic E-state index is 12.5. The molecule has 1 aromatic rings. The van der Waals surface area contributed by atoms with Gasteiger partial charge >= 0.3 is 6.18 Å². The van der Waals surface area contributed by atoms with E-state index in [9.17, 15) is 13.2 Å². The van der Waals surface area contributed by atoms with E-state index < -0.39 is 11.9 Å². The normalized spacial score (nSPS) is 21.2. The van der Waals surface area contributed by atoms with Crippen LogP contribution in [0.15, 0.2) is 10.4 Å². The largest absolute Gasteiger partial charge is 0.434 e. The van der Waals surface area contributed by atoms with Crippen LogP contribution in [0.3, 0.4) is 0 Å². The van der Waals surface area contributed by atoms with Crippen molar-refractivity contribution in [3.8, 4) is 0 Å². The first-order chi connectivity index (χ1) is 9.72. The van der Waals surface area contributed by atoms with Crippen LogP contribution >= 0.6 is 11.3 Å². The molecule has 0 amide bonds. The number of guanidine groups is 1. The van der Waals surface area contributed by atoms with E-state index in [-0.39, 0.29) is 12.0 Å². The van der Waals surface area contributed by atoms with E-state index in [1.54, 1.807) is 0 Å². The van der Waals surface area contributed by atoms with Gasteiger partial charge in [0.25, 0.3) is 0 Å². The number of nitrogens with one attached hydrogen (secondary N) is 2. The van der Waals surface area contributed by atoms with Crippen LogP contribution in [0.25, 0.3) is 0 Å². The molecule has 4 nitrogen and oxygen atoms in total. The SMILES string of the molecule is CCNC(=NCc1nc(C(F)(F)F)cs1)NC1CC1(C)C. The van der Waals surface area contributed by atoms with Gasteiger partial charge in [-0.15, -0.1) is 11.3 Å². The lowest BCUT2D eigenvalue weighted by atomic mass is 10.2. The minimum Gasteiger partial charge on any atom is -0.357 e. The topological polar surface area (TPSA) is 49.3 Å². The van der Waals surface area contributed by atoms with Gasteiger partial charge in [0, 0.05) is 18.0 Å². The monoisotopic (exact) mass is 320 g/mol. The van der Waals surface area contributed by atoms with Crippen molar-refractivity contribution < 1.29 is 13.2 Å². The molecular weight excluding hydrogens is 301 g/mol. The molecule has 2 rings (SSSR count). The lowest BCUT2D eigenvalue weighted by molar-refractivity contribution is -0.140. The van der Waals surface area contributed by atoms with Crippen molar-refractivity contribution in [1.82, 2.24) is 15.6 Å². The predicted molar refractivity (Wildman–Crippen MR) is 77.3 cm³/mol. The van der Waals surface area contributed by atoms with Gasteiger partial charge in [-0.2, -0.15) is 13.2 Å². The van der Waals surface area contributed by atoms with Gasteiger partial charge in [0.15, 0.2) is 11.7 Å². The van der Waals surface area contributed by atoms with E-state index in [1.807, 2.05) is 6.92 Å².